The van der Waals surface area contributed by atoms with Crippen molar-refractivity contribution in [3.63, 3.8) is 0 Å². The van der Waals surface area contributed by atoms with Gasteiger partial charge in [0.1, 0.15) is 0 Å². The van der Waals surface area contributed by atoms with E-state index in [1.807, 2.05) is 23.0 Å². The maximum absolute atomic E-state index is 5.74. The fourth-order valence-electron chi connectivity index (χ4n) is 1.75. The van der Waals surface area contributed by atoms with Gasteiger partial charge in [0.15, 0.2) is 5.75 Å². The van der Waals surface area contributed by atoms with Crippen LogP contribution in [0.5, 0.6) is 11.6 Å². The summed E-state index contributed by atoms with van der Waals surface area (Å²) in [5.41, 5.74) is 7.69. The Balaban J connectivity index is 2.21. The van der Waals surface area contributed by atoms with Crippen LogP contribution in [-0.4, -0.2) is 14.8 Å². The van der Waals surface area contributed by atoms with Gasteiger partial charge in [0.2, 0.25) is 5.88 Å². The van der Waals surface area contributed by atoms with Gasteiger partial charge in [0.25, 0.3) is 0 Å². The van der Waals surface area contributed by atoms with Gasteiger partial charge < -0.3 is 10.5 Å². The van der Waals surface area contributed by atoms with Gasteiger partial charge in [-0.3, -0.25) is 4.68 Å². The standard InChI is InChI=1S/C14H20N4O/c1-4-12-5-11(7-15)6-14(17-12)19-13-8-16-18(9-13)10(2)3/h5-6,8-10H,4,7,15H2,1-3H3. The maximum Gasteiger partial charge on any atom is 0.219 e. The molecule has 2 N–H and O–H groups in total. The van der Waals surface area contributed by atoms with Crippen LogP contribution in [0.15, 0.2) is 24.5 Å². The normalized spacial score (nSPS) is 11.0. The highest BCUT2D eigenvalue weighted by Gasteiger charge is 2.06. The van der Waals surface area contributed by atoms with Gasteiger partial charge in [-0.1, -0.05) is 6.92 Å². The lowest BCUT2D eigenvalue weighted by atomic mass is 10.2. The second-order valence-electron chi connectivity index (χ2n) is 4.71. The number of nitrogens with zero attached hydrogens (tertiary/aromatic N) is 3. The minimum atomic E-state index is 0.312. The van der Waals surface area contributed by atoms with Crippen molar-refractivity contribution in [1.82, 2.24) is 14.8 Å². The number of aromatic nitrogens is 3. The average molecular weight is 260 g/mol. The Morgan fingerprint density at radius 3 is 2.74 bits per heavy atom. The minimum Gasteiger partial charge on any atom is -0.436 e. The van der Waals surface area contributed by atoms with Gasteiger partial charge >= 0.3 is 0 Å². The Labute approximate surface area is 113 Å². The highest BCUT2D eigenvalue weighted by atomic mass is 16.5. The summed E-state index contributed by atoms with van der Waals surface area (Å²) in [7, 11) is 0. The second-order valence-corrected chi connectivity index (χ2v) is 4.71. The molecule has 2 aromatic heterocycles. The van der Waals surface area contributed by atoms with E-state index in [0.717, 1.165) is 17.7 Å². The third-order valence-corrected chi connectivity index (χ3v) is 2.84. The minimum absolute atomic E-state index is 0.312. The van der Waals surface area contributed by atoms with Gasteiger partial charge in [-0.25, -0.2) is 4.98 Å². The largest absolute Gasteiger partial charge is 0.436 e. The summed E-state index contributed by atoms with van der Waals surface area (Å²) in [4.78, 5) is 4.43. The molecule has 0 spiro atoms. The zero-order valence-electron chi connectivity index (χ0n) is 11.6. The Morgan fingerprint density at radius 1 is 1.37 bits per heavy atom. The lowest BCUT2D eigenvalue weighted by Gasteiger charge is -2.07. The summed E-state index contributed by atoms with van der Waals surface area (Å²) in [6.07, 6.45) is 4.42. The van der Waals surface area contributed by atoms with Gasteiger partial charge in [0.05, 0.1) is 12.4 Å². The van der Waals surface area contributed by atoms with Crippen LogP contribution in [0.25, 0.3) is 0 Å². The van der Waals surface area contributed by atoms with E-state index >= 15 is 0 Å². The molecule has 19 heavy (non-hydrogen) atoms. The van der Waals surface area contributed by atoms with Gasteiger partial charge in [-0.2, -0.15) is 5.10 Å². The summed E-state index contributed by atoms with van der Waals surface area (Å²) < 4.78 is 7.59. The highest BCUT2D eigenvalue weighted by molar-refractivity contribution is 5.28. The highest BCUT2D eigenvalue weighted by Crippen LogP contribution is 2.21. The quantitative estimate of drug-likeness (QED) is 0.897. The molecular formula is C14H20N4O. The molecule has 0 saturated carbocycles. The van der Waals surface area contributed by atoms with Crippen LogP contribution in [0, 0.1) is 0 Å². The summed E-state index contributed by atoms with van der Waals surface area (Å²) in [5.74, 6) is 1.26. The van der Waals surface area contributed by atoms with Crippen molar-refractivity contribution in [1.29, 1.82) is 0 Å². The number of hydrogen-bond acceptors (Lipinski definition) is 4. The first-order chi connectivity index (χ1) is 9.12. The van der Waals surface area contributed by atoms with Crippen LogP contribution in [0.4, 0.5) is 0 Å². The van der Waals surface area contributed by atoms with Gasteiger partial charge in [-0.05, 0) is 31.9 Å². The van der Waals surface area contributed by atoms with Crippen LogP contribution in [0.2, 0.25) is 0 Å². The Kier molecular flexibility index (Phi) is 4.16. The molecule has 0 fully saturated rings. The third-order valence-electron chi connectivity index (χ3n) is 2.84. The van der Waals surface area contributed by atoms with Gasteiger partial charge in [-0.15, -0.1) is 0 Å². The predicted molar refractivity (Wildman–Crippen MR) is 74.2 cm³/mol. The van der Waals surface area contributed by atoms with E-state index in [4.69, 9.17) is 10.5 Å². The van der Waals surface area contributed by atoms with E-state index in [2.05, 4.69) is 30.9 Å². The smallest absolute Gasteiger partial charge is 0.219 e. The lowest BCUT2D eigenvalue weighted by Crippen LogP contribution is -2.01. The van der Waals surface area contributed by atoms with E-state index in [-0.39, 0.29) is 0 Å². The summed E-state index contributed by atoms with van der Waals surface area (Å²) in [6, 6.07) is 4.18. The fourth-order valence-corrected chi connectivity index (χ4v) is 1.75. The Hall–Kier alpha value is -1.88. The van der Waals surface area contributed by atoms with Crippen LogP contribution in [0.1, 0.15) is 38.1 Å². The Bertz CT molecular complexity index is 526. The van der Waals surface area contributed by atoms with Crippen molar-refractivity contribution in [2.24, 2.45) is 5.73 Å². The molecule has 0 aliphatic heterocycles. The van der Waals surface area contributed by atoms with Crippen molar-refractivity contribution in [3.8, 4) is 11.6 Å². The first-order valence-electron chi connectivity index (χ1n) is 6.54. The van der Waals surface area contributed by atoms with Crippen LogP contribution >= 0.6 is 0 Å². The van der Waals surface area contributed by atoms with E-state index in [9.17, 15) is 0 Å². The first kappa shape index (κ1) is 13.5. The molecule has 0 atom stereocenters. The monoisotopic (exact) mass is 260 g/mol. The van der Waals surface area contributed by atoms with E-state index in [1.54, 1.807) is 6.20 Å². The topological polar surface area (TPSA) is 66.0 Å². The number of ether oxygens (including phenoxy) is 1. The average Bonchev–Trinajstić information content (AvgIpc) is 2.87. The molecule has 0 aromatic carbocycles. The van der Waals surface area contributed by atoms with Crippen LogP contribution in [-0.2, 0) is 13.0 Å². The number of rotatable bonds is 5. The number of pyridine rings is 1. The molecule has 2 aromatic rings. The molecule has 2 heterocycles. The molecule has 0 saturated heterocycles. The summed E-state index contributed by atoms with van der Waals surface area (Å²) in [5, 5.41) is 4.24. The van der Waals surface area contributed by atoms with E-state index < -0.39 is 0 Å². The van der Waals surface area contributed by atoms with Crippen molar-refractivity contribution < 1.29 is 4.74 Å². The van der Waals surface area contributed by atoms with E-state index in [0.29, 0.717) is 24.2 Å². The third kappa shape index (κ3) is 3.32. The predicted octanol–water partition coefficient (Wildman–Crippen LogP) is 2.67. The number of nitrogens with two attached hydrogens (primary N) is 1. The molecule has 5 heteroatoms. The lowest BCUT2D eigenvalue weighted by molar-refractivity contribution is 0.456. The van der Waals surface area contributed by atoms with Crippen LogP contribution < -0.4 is 10.5 Å². The molecule has 0 amide bonds. The van der Waals surface area contributed by atoms with Crippen molar-refractivity contribution in [2.45, 2.75) is 39.8 Å². The number of aryl methyl sites for hydroxylation is 1. The zero-order valence-corrected chi connectivity index (χ0v) is 11.6. The SMILES string of the molecule is CCc1cc(CN)cc(Oc2cnn(C(C)C)c2)n1. The second kappa shape index (κ2) is 5.84. The molecule has 0 aliphatic carbocycles. The van der Waals surface area contributed by atoms with Crippen molar-refractivity contribution >= 4 is 0 Å². The molecule has 102 valence electrons. The van der Waals surface area contributed by atoms with Gasteiger partial charge in [0, 0.05) is 24.3 Å². The molecule has 5 nitrogen and oxygen atoms in total. The molecule has 0 aliphatic rings. The first-order valence-corrected chi connectivity index (χ1v) is 6.54. The van der Waals surface area contributed by atoms with Crippen molar-refractivity contribution in [3.05, 3.63) is 35.8 Å². The molecule has 0 radical (unpaired) electrons. The number of hydrogen-bond donors (Lipinski definition) is 1. The molecule has 2 rings (SSSR count). The molecule has 0 unspecified atom stereocenters. The van der Waals surface area contributed by atoms with Crippen LogP contribution in [0.3, 0.4) is 0 Å². The Morgan fingerprint density at radius 2 is 2.16 bits per heavy atom. The summed E-state index contributed by atoms with van der Waals surface area (Å²) in [6.45, 7) is 6.68. The molecule has 0 bridgehead atoms. The van der Waals surface area contributed by atoms with E-state index in [1.165, 1.54) is 0 Å². The fraction of sp³-hybridized carbons (Fsp3) is 0.429. The maximum atomic E-state index is 5.74. The van der Waals surface area contributed by atoms with Crippen molar-refractivity contribution in [2.75, 3.05) is 0 Å². The zero-order chi connectivity index (χ0) is 13.8. The molecular weight excluding hydrogens is 240 g/mol. The summed E-state index contributed by atoms with van der Waals surface area (Å²) >= 11 is 0.